The van der Waals surface area contributed by atoms with E-state index in [9.17, 15) is 4.39 Å². The minimum Gasteiger partial charge on any atom is -0.483 e. The van der Waals surface area contributed by atoms with E-state index in [4.69, 9.17) is 10.5 Å². The van der Waals surface area contributed by atoms with Gasteiger partial charge in [0.1, 0.15) is 17.7 Å². The highest BCUT2D eigenvalue weighted by Crippen LogP contribution is 2.29. The molecule has 0 aliphatic rings. The molecule has 0 bridgehead atoms. The van der Waals surface area contributed by atoms with Crippen LogP contribution in [0.4, 0.5) is 4.39 Å². The van der Waals surface area contributed by atoms with Crippen LogP contribution in [0.25, 0.3) is 0 Å². The average Bonchev–Trinajstić information content (AvgIpc) is 2.93. The summed E-state index contributed by atoms with van der Waals surface area (Å²) in [6.45, 7) is 3.76. The zero-order valence-corrected chi connectivity index (χ0v) is 11.9. The molecule has 1 aromatic carbocycles. The van der Waals surface area contributed by atoms with Gasteiger partial charge in [-0.15, -0.1) is 11.3 Å². The van der Waals surface area contributed by atoms with Gasteiger partial charge in [0.05, 0.1) is 0 Å². The molecule has 0 aliphatic heterocycles. The second-order valence-corrected chi connectivity index (χ2v) is 5.52. The molecule has 2 aromatic rings. The summed E-state index contributed by atoms with van der Waals surface area (Å²) in [5.74, 6) is 0.431. The van der Waals surface area contributed by atoms with Gasteiger partial charge in [-0.1, -0.05) is 13.0 Å². The fourth-order valence-electron chi connectivity index (χ4n) is 1.86. The zero-order valence-electron chi connectivity index (χ0n) is 11.1. The Bertz CT molecular complexity index is 527. The summed E-state index contributed by atoms with van der Waals surface area (Å²) in [7, 11) is 0. The Balaban J connectivity index is 2.23. The van der Waals surface area contributed by atoms with Gasteiger partial charge in [0.25, 0.3) is 0 Å². The van der Waals surface area contributed by atoms with Gasteiger partial charge in [0.15, 0.2) is 0 Å². The van der Waals surface area contributed by atoms with Crippen molar-refractivity contribution < 1.29 is 9.13 Å². The number of ether oxygens (including phenoxy) is 1. The third-order valence-corrected chi connectivity index (χ3v) is 4.01. The molecule has 102 valence electrons. The van der Waals surface area contributed by atoms with Crippen molar-refractivity contribution in [1.29, 1.82) is 0 Å². The van der Waals surface area contributed by atoms with Crippen molar-refractivity contribution in [1.82, 2.24) is 0 Å². The summed E-state index contributed by atoms with van der Waals surface area (Å²) < 4.78 is 19.2. The first kappa shape index (κ1) is 14.0. The van der Waals surface area contributed by atoms with Crippen LogP contribution in [0.3, 0.4) is 0 Å². The third kappa shape index (κ3) is 3.33. The molecular formula is C15H18FNOS. The van der Waals surface area contributed by atoms with Gasteiger partial charge >= 0.3 is 0 Å². The Hall–Kier alpha value is -1.39. The van der Waals surface area contributed by atoms with E-state index >= 15 is 0 Å². The predicted molar refractivity (Wildman–Crippen MR) is 77.1 cm³/mol. The number of hydrogen-bond donors (Lipinski definition) is 1. The molecule has 0 radical (unpaired) electrons. The molecule has 19 heavy (non-hydrogen) atoms. The number of hydrogen-bond acceptors (Lipinski definition) is 3. The Morgan fingerprint density at radius 1 is 1.37 bits per heavy atom. The molecule has 0 aliphatic carbocycles. The smallest absolute Gasteiger partial charge is 0.148 e. The molecule has 2 atom stereocenters. The number of halogens is 1. The standard InChI is InChI=1S/C15H18FNOS/c1-3-13(17)15(14-5-4-8-19-14)18-11-6-7-12(16)10(2)9-11/h4-9,13,15H,3,17H2,1-2H3. The fraction of sp³-hybridized carbons (Fsp3) is 0.333. The van der Waals surface area contributed by atoms with Gasteiger partial charge in [-0.3, -0.25) is 0 Å². The fourth-order valence-corrected chi connectivity index (χ4v) is 2.69. The highest BCUT2D eigenvalue weighted by atomic mass is 32.1. The lowest BCUT2D eigenvalue weighted by molar-refractivity contribution is 0.174. The van der Waals surface area contributed by atoms with Gasteiger partial charge in [0.2, 0.25) is 0 Å². The van der Waals surface area contributed by atoms with Crippen LogP contribution in [0.15, 0.2) is 35.7 Å². The number of thiophene rings is 1. The van der Waals surface area contributed by atoms with Gasteiger partial charge in [-0.2, -0.15) is 0 Å². The second kappa shape index (κ2) is 6.17. The highest BCUT2D eigenvalue weighted by Gasteiger charge is 2.21. The summed E-state index contributed by atoms with van der Waals surface area (Å²) >= 11 is 1.62. The van der Waals surface area contributed by atoms with E-state index in [1.165, 1.54) is 6.07 Å². The molecule has 2 nitrogen and oxygen atoms in total. The predicted octanol–water partition coefficient (Wildman–Crippen LogP) is 4.05. The van der Waals surface area contributed by atoms with Crippen LogP contribution >= 0.6 is 11.3 Å². The molecular weight excluding hydrogens is 261 g/mol. The number of aryl methyl sites for hydroxylation is 1. The average molecular weight is 279 g/mol. The van der Waals surface area contributed by atoms with Crippen LogP contribution in [0.1, 0.15) is 29.9 Å². The molecule has 0 spiro atoms. The van der Waals surface area contributed by atoms with E-state index in [0.29, 0.717) is 11.3 Å². The second-order valence-electron chi connectivity index (χ2n) is 4.54. The molecule has 1 heterocycles. The van der Waals surface area contributed by atoms with Crippen molar-refractivity contribution in [3.63, 3.8) is 0 Å². The van der Waals surface area contributed by atoms with Crippen molar-refractivity contribution >= 4 is 11.3 Å². The molecule has 2 N–H and O–H groups in total. The molecule has 0 saturated carbocycles. The van der Waals surface area contributed by atoms with Crippen molar-refractivity contribution in [3.8, 4) is 5.75 Å². The molecule has 2 rings (SSSR count). The van der Waals surface area contributed by atoms with Crippen molar-refractivity contribution in [3.05, 3.63) is 52.0 Å². The summed E-state index contributed by atoms with van der Waals surface area (Å²) in [5.41, 5.74) is 6.71. The maximum Gasteiger partial charge on any atom is 0.148 e. The number of rotatable bonds is 5. The maximum atomic E-state index is 13.3. The first-order valence-electron chi connectivity index (χ1n) is 6.33. The lowest BCUT2D eigenvalue weighted by atomic mass is 10.1. The lowest BCUT2D eigenvalue weighted by Crippen LogP contribution is -2.30. The number of benzene rings is 1. The minimum absolute atomic E-state index is 0.0796. The monoisotopic (exact) mass is 279 g/mol. The molecule has 1 aromatic heterocycles. The molecule has 0 saturated heterocycles. The largest absolute Gasteiger partial charge is 0.483 e. The van der Waals surface area contributed by atoms with Crippen LogP contribution in [0.5, 0.6) is 5.75 Å². The Labute approximate surface area is 117 Å². The van der Waals surface area contributed by atoms with E-state index in [0.717, 1.165) is 11.3 Å². The van der Waals surface area contributed by atoms with Gasteiger partial charge in [-0.05, 0) is 48.6 Å². The van der Waals surface area contributed by atoms with E-state index in [1.54, 1.807) is 30.4 Å². The van der Waals surface area contributed by atoms with Crippen LogP contribution in [-0.4, -0.2) is 6.04 Å². The van der Waals surface area contributed by atoms with E-state index < -0.39 is 0 Å². The van der Waals surface area contributed by atoms with Gasteiger partial charge in [0, 0.05) is 10.9 Å². The first-order chi connectivity index (χ1) is 9.11. The van der Waals surface area contributed by atoms with E-state index in [2.05, 4.69) is 0 Å². The van der Waals surface area contributed by atoms with Crippen LogP contribution in [0.2, 0.25) is 0 Å². The van der Waals surface area contributed by atoms with Crippen molar-refractivity contribution in [2.75, 3.05) is 0 Å². The molecule has 0 fully saturated rings. The topological polar surface area (TPSA) is 35.2 Å². The van der Waals surface area contributed by atoms with Crippen molar-refractivity contribution in [2.45, 2.75) is 32.4 Å². The Morgan fingerprint density at radius 3 is 2.74 bits per heavy atom. The van der Waals surface area contributed by atoms with Gasteiger partial charge in [-0.25, -0.2) is 4.39 Å². The minimum atomic E-state index is -0.222. The van der Waals surface area contributed by atoms with Crippen LogP contribution in [0, 0.1) is 12.7 Å². The molecule has 0 amide bonds. The molecule has 4 heteroatoms. The van der Waals surface area contributed by atoms with Crippen molar-refractivity contribution in [2.24, 2.45) is 5.73 Å². The summed E-state index contributed by atoms with van der Waals surface area (Å²) in [5, 5.41) is 2.00. The zero-order chi connectivity index (χ0) is 13.8. The number of nitrogens with two attached hydrogens (primary N) is 1. The van der Waals surface area contributed by atoms with Gasteiger partial charge < -0.3 is 10.5 Å². The normalized spacial score (nSPS) is 14.1. The van der Waals surface area contributed by atoms with E-state index in [1.807, 2.05) is 24.4 Å². The quantitative estimate of drug-likeness (QED) is 0.896. The Kier molecular flexibility index (Phi) is 4.56. The van der Waals surface area contributed by atoms with Crippen LogP contribution < -0.4 is 10.5 Å². The molecule has 2 unspecified atom stereocenters. The summed E-state index contributed by atoms with van der Waals surface area (Å²) in [4.78, 5) is 1.09. The first-order valence-corrected chi connectivity index (χ1v) is 7.21. The third-order valence-electron chi connectivity index (χ3n) is 3.08. The maximum absolute atomic E-state index is 13.3. The Morgan fingerprint density at radius 2 is 2.16 bits per heavy atom. The lowest BCUT2D eigenvalue weighted by Gasteiger charge is -2.23. The highest BCUT2D eigenvalue weighted by molar-refractivity contribution is 7.10. The van der Waals surface area contributed by atoms with Crippen LogP contribution in [-0.2, 0) is 0 Å². The SMILES string of the molecule is CCC(N)C(Oc1ccc(F)c(C)c1)c1cccs1. The van der Waals surface area contributed by atoms with E-state index in [-0.39, 0.29) is 18.0 Å². The summed E-state index contributed by atoms with van der Waals surface area (Å²) in [6.07, 6.45) is 0.637. The summed E-state index contributed by atoms with van der Waals surface area (Å²) in [6, 6.07) is 8.69.